The Kier molecular flexibility index (Phi) is 3.75. The highest BCUT2D eigenvalue weighted by Crippen LogP contribution is 2.19. The van der Waals surface area contributed by atoms with Crippen molar-refractivity contribution in [2.45, 2.75) is 12.1 Å². The Balaban J connectivity index is 0.000001000. The van der Waals surface area contributed by atoms with Crippen molar-refractivity contribution in [2.24, 2.45) is 0 Å². The van der Waals surface area contributed by atoms with E-state index >= 15 is 0 Å². The highest BCUT2D eigenvalue weighted by atomic mass is 35.5. The maximum atomic E-state index is 13.2. The molecule has 1 rings (SSSR count). The average Bonchev–Trinajstić information content (AvgIpc) is 2.36. The minimum absolute atomic E-state index is 0. The maximum absolute atomic E-state index is 13.2. The van der Waals surface area contributed by atoms with Gasteiger partial charge in [0.2, 0.25) is 5.67 Å². The number of alkyl halides is 1. The largest absolute Gasteiger partial charge is 0.356 e. The van der Waals surface area contributed by atoms with Gasteiger partial charge in [-0.05, 0) is 6.54 Å². The summed E-state index contributed by atoms with van der Waals surface area (Å²) in [5, 5.41) is 5.09. The lowest BCUT2D eigenvalue weighted by molar-refractivity contribution is -0.131. The maximum Gasteiger partial charge on any atom is 0.258 e. The second-order valence-corrected chi connectivity index (χ2v) is 2.47. The molecule has 0 spiro atoms. The molecule has 3 nitrogen and oxygen atoms in total. The lowest BCUT2D eigenvalue weighted by Gasteiger charge is -2.14. The third-order valence-corrected chi connectivity index (χ3v) is 1.74. The molecule has 2 N–H and O–H groups in total. The zero-order chi connectivity index (χ0) is 7.61. The molecule has 1 heterocycles. The molecule has 1 atom stereocenters. The monoisotopic (exact) mass is 182 g/mol. The first-order chi connectivity index (χ1) is 4.69. The summed E-state index contributed by atoms with van der Waals surface area (Å²) in [5.41, 5.74) is -1.66. The molecule has 1 aliphatic heterocycles. The fourth-order valence-corrected chi connectivity index (χ4v) is 1.08. The van der Waals surface area contributed by atoms with Gasteiger partial charge >= 0.3 is 0 Å². The predicted octanol–water partition coefficient (Wildman–Crippen LogP) is -0.144. The number of nitrogens with one attached hydrogen (secondary N) is 2. The SMILES string of the molecule is CNC(=O)C1(F)CCNC1.Cl. The van der Waals surface area contributed by atoms with E-state index in [9.17, 15) is 9.18 Å². The van der Waals surface area contributed by atoms with Gasteiger partial charge in [0.15, 0.2) is 0 Å². The van der Waals surface area contributed by atoms with E-state index in [0.717, 1.165) is 0 Å². The summed E-state index contributed by atoms with van der Waals surface area (Å²) in [6.07, 6.45) is 0.284. The number of hydrogen-bond donors (Lipinski definition) is 2. The van der Waals surface area contributed by atoms with Gasteiger partial charge in [-0.1, -0.05) is 0 Å². The molecule has 11 heavy (non-hydrogen) atoms. The van der Waals surface area contributed by atoms with E-state index in [-0.39, 0.29) is 25.4 Å². The van der Waals surface area contributed by atoms with Crippen LogP contribution in [0.4, 0.5) is 4.39 Å². The molecule has 5 heteroatoms. The average molecular weight is 183 g/mol. The zero-order valence-corrected chi connectivity index (χ0v) is 7.13. The van der Waals surface area contributed by atoms with Gasteiger partial charge in [0.1, 0.15) is 0 Å². The third kappa shape index (κ3) is 2.04. The van der Waals surface area contributed by atoms with Crippen LogP contribution in [0.15, 0.2) is 0 Å². The Morgan fingerprint density at radius 3 is 2.73 bits per heavy atom. The van der Waals surface area contributed by atoms with Gasteiger partial charge < -0.3 is 10.6 Å². The van der Waals surface area contributed by atoms with Gasteiger partial charge in [-0.3, -0.25) is 4.79 Å². The van der Waals surface area contributed by atoms with Gasteiger partial charge in [0.05, 0.1) is 0 Å². The predicted molar refractivity (Wildman–Crippen MR) is 42.6 cm³/mol. The van der Waals surface area contributed by atoms with Crippen molar-refractivity contribution in [3.8, 4) is 0 Å². The first-order valence-electron chi connectivity index (χ1n) is 3.31. The lowest BCUT2D eigenvalue weighted by atomic mass is 10.1. The Bertz CT molecular complexity index is 148. The molecule has 0 saturated carbocycles. The van der Waals surface area contributed by atoms with Crippen LogP contribution in [0, 0.1) is 0 Å². The summed E-state index contributed by atoms with van der Waals surface area (Å²) in [5.74, 6) is -0.516. The van der Waals surface area contributed by atoms with Crippen LogP contribution >= 0.6 is 12.4 Å². The molecule has 1 aliphatic rings. The van der Waals surface area contributed by atoms with Crippen molar-refractivity contribution in [1.82, 2.24) is 10.6 Å². The van der Waals surface area contributed by atoms with Crippen LogP contribution in [0.25, 0.3) is 0 Å². The topological polar surface area (TPSA) is 41.1 Å². The summed E-state index contributed by atoms with van der Waals surface area (Å²) in [4.78, 5) is 10.8. The third-order valence-electron chi connectivity index (χ3n) is 1.74. The van der Waals surface area contributed by atoms with E-state index in [2.05, 4.69) is 10.6 Å². The van der Waals surface area contributed by atoms with Crippen LogP contribution < -0.4 is 10.6 Å². The van der Waals surface area contributed by atoms with Crippen LogP contribution in [0.1, 0.15) is 6.42 Å². The standard InChI is InChI=1S/C6H11FN2O.ClH/c1-8-5(10)6(7)2-3-9-4-6;/h9H,2-4H2,1H3,(H,8,10);1H. The molecule has 0 aromatic carbocycles. The van der Waals surface area contributed by atoms with Gasteiger partial charge in [-0.15, -0.1) is 12.4 Å². The minimum Gasteiger partial charge on any atom is -0.356 e. The number of carbonyl (C=O) groups excluding carboxylic acids is 1. The summed E-state index contributed by atoms with van der Waals surface area (Å²) < 4.78 is 13.2. The first kappa shape index (κ1) is 10.7. The number of rotatable bonds is 1. The van der Waals surface area contributed by atoms with E-state index in [4.69, 9.17) is 0 Å². The molecule has 0 aromatic rings. The number of carbonyl (C=O) groups is 1. The van der Waals surface area contributed by atoms with Crippen molar-refractivity contribution in [1.29, 1.82) is 0 Å². The van der Waals surface area contributed by atoms with Gasteiger partial charge in [-0.2, -0.15) is 0 Å². The van der Waals surface area contributed by atoms with Crippen LogP contribution in [0.2, 0.25) is 0 Å². The molecule has 66 valence electrons. The van der Waals surface area contributed by atoms with Gasteiger partial charge in [0.25, 0.3) is 5.91 Å². The normalized spacial score (nSPS) is 29.3. The molecule has 0 radical (unpaired) electrons. The molecule has 1 fully saturated rings. The Hall–Kier alpha value is -0.350. The van der Waals surface area contributed by atoms with E-state index in [1.54, 1.807) is 0 Å². The number of hydrogen-bond acceptors (Lipinski definition) is 2. The number of halogens is 2. The second kappa shape index (κ2) is 3.88. The Labute approximate surface area is 71.1 Å². The summed E-state index contributed by atoms with van der Waals surface area (Å²) in [6.45, 7) is 0.733. The molecule has 0 bridgehead atoms. The summed E-state index contributed by atoms with van der Waals surface area (Å²) in [6, 6.07) is 0. The Morgan fingerprint density at radius 2 is 2.36 bits per heavy atom. The molecule has 1 unspecified atom stereocenters. The van der Waals surface area contributed by atoms with Crippen molar-refractivity contribution < 1.29 is 9.18 Å². The van der Waals surface area contributed by atoms with Gasteiger partial charge in [0, 0.05) is 20.0 Å². The van der Waals surface area contributed by atoms with Crippen molar-refractivity contribution in [3.05, 3.63) is 0 Å². The smallest absolute Gasteiger partial charge is 0.258 e. The highest BCUT2D eigenvalue weighted by Gasteiger charge is 2.40. The van der Waals surface area contributed by atoms with Crippen molar-refractivity contribution in [2.75, 3.05) is 20.1 Å². The molecular weight excluding hydrogens is 171 g/mol. The molecule has 0 aromatic heterocycles. The summed E-state index contributed by atoms with van der Waals surface area (Å²) >= 11 is 0. The highest BCUT2D eigenvalue weighted by molar-refractivity contribution is 5.85. The molecule has 1 amide bonds. The van der Waals surface area contributed by atoms with E-state index in [0.29, 0.717) is 6.54 Å². The zero-order valence-electron chi connectivity index (χ0n) is 6.32. The van der Waals surface area contributed by atoms with E-state index in [1.165, 1.54) is 7.05 Å². The fourth-order valence-electron chi connectivity index (χ4n) is 1.08. The van der Waals surface area contributed by atoms with Crippen LogP contribution in [-0.4, -0.2) is 31.7 Å². The van der Waals surface area contributed by atoms with E-state index in [1.807, 2.05) is 0 Å². The van der Waals surface area contributed by atoms with Gasteiger partial charge in [-0.25, -0.2) is 4.39 Å². The minimum atomic E-state index is -1.66. The molecule has 1 saturated heterocycles. The lowest BCUT2D eigenvalue weighted by Crippen LogP contribution is -2.43. The second-order valence-electron chi connectivity index (χ2n) is 2.47. The Morgan fingerprint density at radius 1 is 1.73 bits per heavy atom. The molecular formula is C6H12ClFN2O. The van der Waals surface area contributed by atoms with E-state index < -0.39 is 11.6 Å². The fraction of sp³-hybridized carbons (Fsp3) is 0.833. The first-order valence-corrected chi connectivity index (χ1v) is 3.31. The van der Waals surface area contributed by atoms with Crippen LogP contribution in [0.5, 0.6) is 0 Å². The van der Waals surface area contributed by atoms with Crippen LogP contribution in [-0.2, 0) is 4.79 Å². The quantitative estimate of drug-likeness (QED) is 0.593. The van der Waals surface area contributed by atoms with Crippen LogP contribution in [0.3, 0.4) is 0 Å². The van der Waals surface area contributed by atoms with Crippen molar-refractivity contribution in [3.63, 3.8) is 0 Å². The van der Waals surface area contributed by atoms with Crippen molar-refractivity contribution >= 4 is 18.3 Å². The molecule has 0 aliphatic carbocycles. The summed E-state index contributed by atoms with van der Waals surface area (Å²) in [7, 11) is 1.45. The number of amides is 1.